The van der Waals surface area contributed by atoms with Crippen molar-refractivity contribution in [3.63, 3.8) is 0 Å². The van der Waals surface area contributed by atoms with Gasteiger partial charge >= 0.3 is 0 Å². The van der Waals surface area contributed by atoms with Gasteiger partial charge in [0.1, 0.15) is 32.7 Å². The number of benzene rings is 5. The molecule has 0 aliphatic carbocycles. The molecular weight excluding hydrogens is 1210 g/mol. The largest absolute Gasteiger partial charge is 0.332 e. The van der Waals surface area contributed by atoms with Crippen molar-refractivity contribution in [1.82, 2.24) is 49.0 Å². The smallest absolute Gasteiger partial charge is 0.242 e. The average molecular weight is 1310 g/mol. The van der Waals surface area contributed by atoms with Crippen molar-refractivity contribution in [2.45, 2.75) is 64.8 Å². The standard InChI is InChI=1S/C70H95N15O10/c71-31-16-36-76-46-66(91)81(41-56-21-6-1-7-22-56)51-61(86)77(37-17-32-72)47-67(92)83(43-58-25-10-3-11-26-58)53-63(88)79(39-19-34-74)49-69(94)85(45-60-29-14-5-15-30-60)55-65(90)80(40-20-35-75)50-70(95)84(44-59-27-12-4-13-28-59)54-64(89)78(38-18-33-73)48-68(93)82(52-62(76)87)42-57-23-8-2-9-24-57/h1-15,21-30H,16-20,31-55,71-75H2. The van der Waals surface area contributed by atoms with Crippen molar-refractivity contribution < 1.29 is 47.9 Å². The van der Waals surface area contributed by atoms with Gasteiger partial charge in [-0.2, -0.15) is 0 Å². The maximum absolute atomic E-state index is 15.0. The maximum atomic E-state index is 15.0. The van der Waals surface area contributed by atoms with Crippen LogP contribution in [0.2, 0.25) is 0 Å². The Balaban J connectivity index is 1.47. The Morgan fingerprint density at radius 1 is 0.200 bits per heavy atom. The van der Waals surface area contributed by atoms with E-state index in [-0.39, 0.29) is 130 Å². The number of nitrogens with zero attached hydrogens (tertiary/aromatic N) is 10. The fourth-order valence-electron chi connectivity index (χ4n) is 10.7. The summed E-state index contributed by atoms with van der Waals surface area (Å²) in [6.45, 7) is -5.31. The van der Waals surface area contributed by atoms with Crippen molar-refractivity contribution in [2.75, 3.05) is 131 Å². The molecule has 1 aliphatic rings. The predicted octanol–water partition coefficient (Wildman–Crippen LogP) is 1.03. The summed E-state index contributed by atoms with van der Waals surface area (Å²) in [4.78, 5) is 162. The van der Waals surface area contributed by atoms with Crippen LogP contribution in [0.25, 0.3) is 0 Å². The molecule has 510 valence electrons. The van der Waals surface area contributed by atoms with Gasteiger partial charge in [-0.25, -0.2) is 0 Å². The summed E-state index contributed by atoms with van der Waals surface area (Å²) < 4.78 is 0. The minimum atomic E-state index is -0.635. The topological polar surface area (TPSA) is 333 Å². The molecule has 1 saturated heterocycles. The Morgan fingerprint density at radius 3 is 0.463 bits per heavy atom. The fourth-order valence-corrected chi connectivity index (χ4v) is 10.7. The Kier molecular flexibility index (Phi) is 31.9. The molecule has 95 heavy (non-hydrogen) atoms. The van der Waals surface area contributed by atoms with Crippen LogP contribution in [-0.4, -0.2) is 239 Å². The van der Waals surface area contributed by atoms with Crippen LogP contribution >= 0.6 is 0 Å². The van der Waals surface area contributed by atoms with Gasteiger partial charge in [0.05, 0.1) is 32.7 Å². The van der Waals surface area contributed by atoms with Crippen LogP contribution in [0.3, 0.4) is 0 Å². The van der Waals surface area contributed by atoms with Crippen molar-refractivity contribution in [2.24, 2.45) is 28.7 Å². The second kappa shape index (κ2) is 40.7. The van der Waals surface area contributed by atoms with E-state index in [2.05, 4.69) is 0 Å². The van der Waals surface area contributed by atoms with Crippen LogP contribution in [0.4, 0.5) is 0 Å². The lowest BCUT2D eigenvalue weighted by molar-refractivity contribution is -0.150. The first-order chi connectivity index (χ1) is 46.0. The van der Waals surface area contributed by atoms with E-state index in [0.29, 0.717) is 27.8 Å². The number of hydrogen-bond acceptors (Lipinski definition) is 15. The molecular formula is C70H95N15O10. The Bertz CT molecular complexity index is 2730. The number of carbonyl (C=O) groups is 10. The van der Waals surface area contributed by atoms with Gasteiger partial charge in [-0.05, 0) is 92.6 Å². The SMILES string of the molecule is NCCCN1CC(=O)N(Cc2ccccc2)CC(=O)N(CCCN)CC(=O)N(Cc2ccccc2)CC(=O)N(CCCN)CC(=O)N(Cc2ccccc2)CC(=O)N(CCCN)CC(=O)N(Cc2ccccc2)CC(=O)N(CCCN)CC(=O)N(Cc2ccccc2)CC1=O. The normalized spacial score (nSPS) is 16.1. The highest BCUT2D eigenvalue weighted by molar-refractivity contribution is 5.95. The number of amides is 10. The highest BCUT2D eigenvalue weighted by Gasteiger charge is 2.34. The van der Waals surface area contributed by atoms with Crippen LogP contribution in [0, 0.1) is 0 Å². The molecule has 25 heteroatoms. The second-order valence-electron chi connectivity index (χ2n) is 23.5. The van der Waals surface area contributed by atoms with Gasteiger partial charge in [0.15, 0.2) is 0 Å². The summed E-state index contributed by atoms with van der Waals surface area (Å²) >= 11 is 0. The van der Waals surface area contributed by atoms with E-state index in [4.69, 9.17) is 28.7 Å². The van der Waals surface area contributed by atoms with Crippen LogP contribution in [0.1, 0.15) is 59.9 Å². The first kappa shape index (κ1) is 74.6. The summed E-state index contributed by atoms with van der Waals surface area (Å²) in [5.41, 5.74) is 33.4. The summed E-state index contributed by atoms with van der Waals surface area (Å²) in [6, 6.07) is 44.6. The van der Waals surface area contributed by atoms with Crippen molar-refractivity contribution in [1.29, 1.82) is 0 Å². The molecule has 1 heterocycles. The highest BCUT2D eigenvalue weighted by atomic mass is 16.2. The van der Waals surface area contributed by atoms with Gasteiger partial charge in [-0.1, -0.05) is 152 Å². The zero-order valence-electron chi connectivity index (χ0n) is 54.6. The lowest BCUT2D eigenvalue weighted by Gasteiger charge is -2.34. The zero-order chi connectivity index (χ0) is 68.3. The molecule has 0 radical (unpaired) electrons. The molecule has 6 rings (SSSR count). The fraction of sp³-hybridized carbons (Fsp3) is 0.429. The third-order valence-electron chi connectivity index (χ3n) is 16.0. The molecule has 1 fully saturated rings. The first-order valence-electron chi connectivity index (χ1n) is 32.5. The van der Waals surface area contributed by atoms with Gasteiger partial charge in [0, 0.05) is 65.4 Å². The Labute approximate surface area is 557 Å². The predicted molar refractivity (Wildman–Crippen MR) is 361 cm³/mol. The van der Waals surface area contributed by atoms with Crippen LogP contribution < -0.4 is 28.7 Å². The van der Waals surface area contributed by atoms with Crippen molar-refractivity contribution >= 4 is 59.1 Å². The van der Waals surface area contributed by atoms with Crippen molar-refractivity contribution in [3.8, 4) is 0 Å². The lowest BCUT2D eigenvalue weighted by atomic mass is 10.2. The minimum Gasteiger partial charge on any atom is -0.332 e. The third-order valence-corrected chi connectivity index (χ3v) is 16.0. The molecule has 10 N–H and O–H groups in total. The van der Waals surface area contributed by atoms with Crippen LogP contribution in [0.5, 0.6) is 0 Å². The van der Waals surface area contributed by atoms with Gasteiger partial charge in [-0.3, -0.25) is 47.9 Å². The highest BCUT2D eigenvalue weighted by Crippen LogP contribution is 2.16. The van der Waals surface area contributed by atoms with Gasteiger partial charge < -0.3 is 77.7 Å². The van der Waals surface area contributed by atoms with Gasteiger partial charge in [0.2, 0.25) is 59.1 Å². The number of rotatable bonds is 25. The maximum Gasteiger partial charge on any atom is 0.242 e. The quantitative estimate of drug-likeness (QED) is 0.0545. The molecule has 0 atom stereocenters. The van der Waals surface area contributed by atoms with E-state index in [0.717, 1.165) is 0 Å². The summed E-state index contributed by atoms with van der Waals surface area (Å²) in [5, 5.41) is 0. The molecule has 5 aromatic carbocycles. The molecule has 25 nitrogen and oxygen atoms in total. The van der Waals surface area contributed by atoms with Crippen LogP contribution in [0.15, 0.2) is 152 Å². The van der Waals surface area contributed by atoms with Gasteiger partial charge in [0.25, 0.3) is 0 Å². The third kappa shape index (κ3) is 25.4. The zero-order valence-corrected chi connectivity index (χ0v) is 54.6. The Hall–Kier alpha value is -9.40. The van der Waals surface area contributed by atoms with E-state index in [1.54, 1.807) is 152 Å². The average Bonchev–Trinajstić information content (AvgIpc) is 1.48. The number of carbonyl (C=O) groups excluding carboxylic acids is 10. The van der Waals surface area contributed by atoms with Crippen molar-refractivity contribution in [3.05, 3.63) is 179 Å². The van der Waals surface area contributed by atoms with E-state index in [9.17, 15) is 47.9 Å². The van der Waals surface area contributed by atoms with E-state index < -0.39 is 125 Å². The molecule has 0 unspecified atom stereocenters. The first-order valence-corrected chi connectivity index (χ1v) is 32.5. The second-order valence-corrected chi connectivity index (χ2v) is 23.5. The lowest BCUT2D eigenvalue weighted by Crippen LogP contribution is -2.53. The van der Waals surface area contributed by atoms with E-state index in [1.807, 2.05) is 0 Å². The summed E-state index contributed by atoms with van der Waals surface area (Å²) in [6.07, 6.45) is 1.28. The number of nitrogens with two attached hydrogens (primary N) is 5. The monoisotopic (exact) mass is 1310 g/mol. The molecule has 10 amide bonds. The molecule has 5 aromatic rings. The minimum absolute atomic E-state index is 0.0138. The molecule has 1 aliphatic heterocycles. The van der Waals surface area contributed by atoms with Crippen LogP contribution in [-0.2, 0) is 80.7 Å². The van der Waals surface area contributed by atoms with E-state index >= 15 is 0 Å². The summed E-state index contributed by atoms with van der Waals surface area (Å²) in [5.74, 6) is -6.34. The molecule has 0 aromatic heterocycles. The van der Waals surface area contributed by atoms with E-state index in [1.165, 1.54) is 49.0 Å². The summed E-state index contributed by atoms with van der Waals surface area (Å²) in [7, 11) is 0. The Morgan fingerprint density at radius 2 is 0.326 bits per heavy atom. The molecule has 0 spiro atoms. The number of hydrogen-bond donors (Lipinski definition) is 5. The molecule has 0 bridgehead atoms. The van der Waals surface area contributed by atoms with Gasteiger partial charge in [-0.15, -0.1) is 0 Å². The molecule has 0 saturated carbocycles.